The van der Waals surface area contributed by atoms with Crippen LogP contribution < -0.4 is 15.4 Å². The molecule has 11 heteroatoms. The molecule has 0 radical (unpaired) electrons. The van der Waals surface area contributed by atoms with E-state index in [1.807, 2.05) is 6.07 Å². The van der Waals surface area contributed by atoms with Gasteiger partial charge in [0.1, 0.15) is 16.8 Å². The monoisotopic (exact) mass is 480 g/mol. The van der Waals surface area contributed by atoms with E-state index < -0.39 is 12.1 Å². The van der Waals surface area contributed by atoms with Gasteiger partial charge in [0.15, 0.2) is 5.82 Å². The highest BCUT2D eigenvalue weighted by molar-refractivity contribution is 5.90. The second kappa shape index (κ2) is 9.05. The van der Waals surface area contributed by atoms with Crippen LogP contribution in [0.25, 0.3) is 11.0 Å². The minimum absolute atomic E-state index is 0.138. The number of fused-ring (bicyclic) bond motifs is 1. The summed E-state index contributed by atoms with van der Waals surface area (Å²) in [6.07, 6.45) is 6.15. The van der Waals surface area contributed by atoms with Crippen LogP contribution in [0.3, 0.4) is 0 Å². The Morgan fingerprint density at radius 2 is 1.94 bits per heavy atom. The smallest absolute Gasteiger partial charge is 0.413 e. The van der Waals surface area contributed by atoms with Gasteiger partial charge in [-0.05, 0) is 49.1 Å². The molecule has 0 atom stereocenters. The number of esters is 1. The first kappa shape index (κ1) is 22.9. The van der Waals surface area contributed by atoms with Crippen LogP contribution in [0.2, 0.25) is 0 Å². The summed E-state index contributed by atoms with van der Waals surface area (Å²) < 4.78 is 16.8. The van der Waals surface area contributed by atoms with E-state index in [9.17, 15) is 9.59 Å². The fraction of sp³-hybridized carbons (Fsp3) is 0.458. The zero-order valence-electron chi connectivity index (χ0n) is 20.0. The Hall–Kier alpha value is -3.89. The summed E-state index contributed by atoms with van der Waals surface area (Å²) in [6.45, 7) is 1.15. The summed E-state index contributed by atoms with van der Waals surface area (Å²) in [4.78, 5) is 32.6. The Kier molecular flexibility index (Phi) is 5.91. The van der Waals surface area contributed by atoms with Crippen molar-refractivity contribution >= 4 is 34.9 Å². The second-order valence-corrected chi connectivity index (χ2v) is 9.22. The molecule has 2 heterocycles. The van der Waals surface area contributed by atoms with Crippen molar-refractivity contribution in [2.45, 2.75) is 32.2 Å². The van der Waals surface area contributed by atoms with Crippen molar-refractivity contribution in [3.8, 4) is 5.75 Å². The first-order chi connectivity index (χ1) is 16.9. The van der Waals surface area contributed by atoms with Crippen molar-refractivity contribution in [2.24, 2.45) is 11.3 Å². The number of ether oxygens (including phenoxy) is 3. The van der Waals surface area contributed by atoms with Crippen LogP contribution in [0.1, 0.15) is 41.6 Å². The average molecular weight is 481 g/mol. The van der Waals surface area contributed by atoms with E-state index in [4.69, 9.17) is 9.47 Å². The summed E-state index contributed by atoms with van der Waals surface area (Å²) in [7, 11) is 4.17. The zero-order valence-corrected chi connectivity index (χ0v) is 20.0. The lowest BCUT2D eigenvalue weighted by Crippen LogP contribution is -2.31. The second-order valence-electron chi connectivity index (χ2n) is 9.22. The van der Waals surface area contributed by atoms with Gasteiger partial charge < -0.3 is 19.5 Å². The van der Waals surface area contributed by atoms with Crippen LogP contribution in [-0.2, 0) is 16.0 Å². The van der Waals surface area contributed by atoms with Gasteiger partial charge in [0, 0.05) is 12.1 Å². The van der Waals surface area contributed by atoms with Gasteiger partial charge in [0.05, 0.1) is 39.6 Å². The van der Waals surface area contributed by atoms with Crippen molar-refractivity contribution in [2.75, 3.05) is 38.5 Å². The zero-order chi connectivity index (χ0) is 24.6. The molecule has 184 valence electrons. The van der Waals surface area contributed by atoms with E-state index in [-0.39, 0.29) is 5.95 Å². The number of anilines is 2. The summed E-state index contributed by atoms with van der Waals surface area (Å²) in [5.74, 6) is 1.43. The molecule has 35 heavy (non-hydrogen) atoms. The molecule has 0 bridgehead atoms. The normalized spacial score (nSPS) is 16.0. The maximum atomic E-state index is 11.9. The van der Waals surface area contributed by atoms with E-state index in [2.05, 4.69) is 30.4 Å². The lowest BCUT2D eigenvalue weighted by Gasteiger charge is -2.36. The molecule has 1 aromatic carbocycles. The molecule has 2 fully saturated rings. The molecule has 11 nitrogen and oxygen atoms in total. The minimum atomic E-state index is -0.646. The number of amides is 1. The fourth-order valence-corrected chi connectivity index (χ4v) is 4.86. The number of carbonyl (C=O) groups excluding carboxylic acids is 2. The van der Waals surface area contributed by atoms with E-state index in [1.54, 1.807) is 30.1 Å². The van der Waals surface area contributed by atoms with E-state index in [1.165, 1.54) is 39.9 Å². The third-order valence-electron chi connectivity index (χ3n) is 6.87. The molecule has 2 aliphatic rings. The van der Waals surface area contributed by atoms with Gasteiger partial charge in [0.25, 0.3) is 0 Å². The molecule has 2 aromatic heterocycles. The van der Waals surface area contributed by atoms with Crippen molar-refractivity contribution in [3.05, 3.63) is 35.5 Å². The van der Waals surface area contributed by atoms with Crippen LogP contribution in [0.4, 0.5) is 16.6 Å². The summed E-state index contributed by atoms with van der Waals surface area (Å²) >= 11 is 0. The highest BCUT2D eigenvalue weighted by Gasteiger charge is 2.52. The van der Waals surface area contributed by atoms with Gasteiger partial charge in [-0.25, -0.2) is 14.6 Å². The Morgan fingerprint density at radius 1 is 1.14 bits per heavy atom. The number of nitrogens with zero attached hydrogens (tertiary/aromatic N) is 4. The van der Waals surface area contributed by atoms with Gasteiger partial charge in [-0.3, -0.25) is 10.00 Å². The molecule has 2 N–H and O–H groups in total. The quantitative estimate of drug-likeness (QED) is 0.466. The first-order valence-corrected chi connectivity index (χ1v) is 11.5. The van der Waals surface area contributed by atoms with Crippen molar-refractivity contribution in [1.82, 2.24) is 19.7 Å². The van der Waals surface area contributed by atoms with Crippen LogP contribution in [0.15, 0.2) is 24.4 Å². The van der Waals surface area contributed by atoms with Gasteiger partial charge in [-0.2, -0.15) is 10.1 Å². The molecule has 0 saturated heterocycles. The van der Waals surface area contributed by atoms with Crippen LogP contribution in [0, 0.1) is 11.3 Å². The lowest BCUT2D eigenvalue weighted by molar-refractivity contribution is 0.0600. The number of benzene rings is 1. The van der Waals surface area contributed by atoms with Crippen LogP contribution in [-0.4, -0.2) is 59.7 Å². The molecule has 3 aromatic rings. The maximum absolute atomic E-state index is 11.9. The largest absolute Gasteiger partial charge is 0.496 e. The van der Waals surface area contributed by atoms with Gasteiger partial charge in [-0.15, -0.1) is 0 Å². The molecule has 1 amide bonds. The average Bonchev–Trinajstić information content (AvgIpc) is 3.56. The number of hydrogen-bond donors (Lipinski definition) is 2. The molecule has 0 aliphatic heterocycles. The third-order valence-corrected chi connectivity index (χ3v) is 6.87. The third kappa shape index (κ3) is 4.58. The predicted octanol–water partition coefficient (Wildman–Crippen LogP) is 3.45. The van der Waals surface area contributed by atoms with E-state index in [0.29, 0.717) is 46.0 Å². The number of rotatable bonds is 8. The molecular weight excluding hydrogens is 452 g/mol. The summed E-state index contributed by atoms with van der Waals surface area (Å²) in [5, 5.41) is 10.5. The Balaban J connectivity index is 1.45. The van der Waals surface area contributed by atoms with Crippen molar-refractivity contribution in [1.29, 1.82) is 0 Å². The Bertz CT molecular complexity index is 1280. The van der Waals surface area contributed by atoms with Crippen LogP contribution >= 0.6 is 0 Å². The highest BCUT2D eigenvalue weighted by Crippen LogP contribution is 2.63. The Morgan fingerprint density at radius 3 is 2.63 bits per heavy atom. The summed E-state index contributed by atoms with van der Waals surface area (Å²) in [6, 6.07) is 5.14. The molecule has 2 aliphatic carbocycles. The number of methoxy groups -OCH3 is 3. The Labute approximate surface area is 202 Å². The predicted molar refractivity (Wildman–Crippen MR) is 128 cm³/mol. The topological polar surface area (TPSA) is 129 Å². The molecule has 1 spiro atoms. The molecule has 5 rings (SSSR count). The molecule has 2 saturated carbocycles. The first-order valence-electron chi connectivity index (χ1n) is 11.5. The molecule has 0 unspecified atom stereocenters. The number of aromatic nitrogens is 4. The van der Waals surface area contributed by atoms with Crippen LogP contribution in [0.5, 0.6) is 5.75 Å². The van der Waals surface area contributed by atoms with Gasteiger partial charge >= 0.3 is 12.1 Å². The van der Waals surface area contributed by atoms with Gasteiger partial charge in [-0.1, -0.05) is 6.07 Å². The van der Waals surface area contributed by atoms with Crippen molar-refractivity contribution in [3.63, 3.8) is 0 Å². The number of nitrogens with one attached hydrogen (secondary N) is 2. The minimum Gasteiger partial charge on any atom is -0.496 e. The number of carbonyl (C=O) groups is 2. The highest BCUT2D eigenvalue weighted by atomic mass is 16.5. The lowest BCUT2D eigenvalue weighted by atomic mass is 9.72. The van der Waals surface area contributed by atoms with E-state index in [0.717, 1.165) is 12.1 Å². The van der Waals surface area contributed by atoms with Crippen molar-refractivity contribution < 1.29 is 23.8 Å². The summed E-state index contributed by atoms with van der Waals surface area (Å²) in [5.41, 5.74) is 3.12. The van der Waals surface area contributed by atoms with Gasteiger partial charge in [0.2, 0.25) is 5.95 Å². The fourth-order valence-electron chi connectivity index (χ4n) is 4.86. The number of hydrogen-bond acceptors (Lipinski definition) is 9. The van der Waals surface area contributed by atoms with E-state index >= 15 is 0 Å². The molecular formula is C24H28N6O5. The SMILES string of the molecule is COC(=O)Nc1nc(NCC2CC3(CC3)C2)c2c(cnn2Cc2ccc(C(=O)OC)cc2OC)n1. The standard InChI is InChI=1S/C24H28N6O5/c1-33-18-8-15(21(31)34-2)4-5-16(18)13-30-19-17(12-26-30)27-22(29-23(32)35-3)28-20(19)25-11-14-9-24(10-14)6-7-24/h4-5,8,12,14H,6-7,9-11,13H2,1-3H3,(H2,25,27,28,29,32). The maximum Gasteiger partial charge on any atom is 0.413 e.